The molecular weight excluding hydrogens is 352 g/mol. The zero-order chi connectivity index (χ0) is 18.1. The number of alkyl halides is 3. The second-order valence-corrected chi connectivity index (χ2v) is 5.43. The number of rotatable bonds is 4. The quantitative estimate of drug-likeness (QED) is 0.817. The lowest BCUT2D eigenvalue weighted by molar-refractivity contribution is -0.139. The zero-order valence-corrected chi connectivity index (χ0v) is 12.6. The van der Waals surface area contributed by atoms with E-state index in [9.17, 15) is 22.4 Å². The number of pyridine rings is 1. The van der Waals surface area contributed by atoms with Gasteiger partial charge in [-0.25, -0.2) is 4.39 Å². The molecule has 1 heterocycles. The van der Waals surface area contributed by atoms with Crippen LogP contribution in [0.1, 0.15) is 22.6 Å². The van der Waals surface area contributed by atoms with Crippen molar-refractivity contribution in [3.8, 4) is 0 Å². The summed E-state index contributed by atoms with van der Waals surface area (Å²) >= 11 is 5.57. The summed E-state index contributed by atoms with van der Waals surface area (Å²) in [7, 11) is 0. The molecule has 0 amide bonds. The molecule has 1 aromatic heterocycles. The molecular formula is C15H11ClF4N2O2. The summed E-state index contributed by atoms with van der Waals surface area (Å²) in [6.45, 7) is 0. The van der Waals surface area contributed by atoms with E-state index in [1.54, 1.807) is 0 Å². The van der Waals surface area contributed by atoms with Crippen LogP contribution in [-0.2, 0) is 11.0 Å². The maximum Gasteiger partial charge on any atom is 0.417 e. The summed E-state index contributed by atoms with van der Waals surface area (Å²) in [6, 6.07) is 2.56. The molecule has 9 heteroatoms. The number of nitrogens with zero attached hydrogens (tertiary/aromatic N) is 1. The van der Waals surface area contributed by atoms with Crippen LogP contribution in [0.2, 0.25) is 5.02 Å². The highest BCUT2D eigenvalue weighted by atomic mass is 35.5. The molecule has 4 nitrogen and oxygen atoms in total. The molecule has 2 atom stereocenters. The summed E-state index contributed by atoms with van der Waals surface area (Å²) in [6.07, 6.45) is -2.99. The minimum atomic E-state index is -4.66. The smallest absolute Gasteiger partial charge is 0.417 e. The van der Waals surface area contributed by atoms with Gasteiger partial charge in [0.25, 0.3) is 0 Å². The van der Waals surface area contributed by atoms with Crippen LogP contribution in [0.25, 0.3) is 0 Å². The fraction of sp³-hybridized carbons (Fsp3) is 0.200. The molecule has 0 saturated heterocycles. The number of carboxylic acids is 1. The summed E-state index contributed by atoms with van der Waals surface area (Å²) in [4.78, 5) is 14.7. The SMILES string of the molecule is N[C@H](C(=O)O)[C@H](c1cncc(C(F)(F)F)c1)c1ccc(Cl)c(F)c1. The molecule has 1 aromatic carbocycles. The van der Waals surface area contributed by atoms with Gasteiger partial charge in [-0.15, -0.1) is 0 Å². The van der Waals surface area contributed by atoms with Gasteiger partial charge in [0.2, 0.25) is 0 Å². The Bertz CT molecular complexity index is 767. The van der Waals surface area contributed by atoms with Crippen LogP contribution < -0.4 is 5.73 Å². The molecule has 0 bridgehead atoms. The van der Waals surface area contributed by atoms with E-state index < -0.39 is 35.5 Å². The molecule has 0 spiro atoms. The van der Waals surface area contributed by atoms with Gasteiger partial charge in [-0.2, -0.15) is 13.2 Å². The van der Waals surface area contributed by atoms with E-state index in [1.807, 2.05) is 0 Å². The minimum absolute atomic E-state index is 0.0768. The monoisotopic (exact) mass is 362 g/mol. The molecule has 2 rings (SSSR count). The highest BCUT2D eigenvalue weighted by Crippen LogP contribution is 2.34. The average Bonchev–Trinajstić information content (AvgIpc) is 2.50. The molecule has 3 N–H and O–H groups in total. The molecule has 0 radical (unpaired) electrons. The first-order valence-electron chi connectivity index (χ1n) is 6.56. The second-order valence-electron chi connectivity index (χ2n) is 5.02. The van der Waals surface area contributed by atoms with Crippen LogP contribution in [0.5, 0.6) is 0 Å². The van der Waals surface area contributed by atoms with Crippen LogP contribution in [0.15, 0.2) is 36.7 Å². The summed E-state index contributed by atoms with van der Waals surface area (Å²) < 4.78 is 52.2. The van der Waals surface area contributed by atoms with Gasteiger partial charge in [0.1, 0.15) is 11.9 Å². The topological polar surface area (TPSA) is 76.2 Å². The van der Waals surface area contributed by atoms with E-state index in [0.29, 0.717) is 6.20 Å². The first kappa shape index (κ1) is 18.2. The van der Waals surface area contributed by atoms with Crippen molar-refractivity contribution in [2.45, 2.75) is 18.1 Å². The van der Waals surface area contributed by atoms with E-state index >= 15 is 0 Å². The molecule has 0 unspecified atom stereocenters. The minimum Gasteiger partial charge on any atom is -0.480 e. The molecule has 0 aliphatic heterocycles. The van der Waals surface area contributed by atoms with Gasteiger partial charge in [-0.3, -0.25) is 9.78 Å². The standard InChI is InChI=1S/C15H11ClF4N2O2/c16-10-2-1-7(4-11(10)17)12(13(21)14(23)24)8-3-9(6-22-5-8)15(18,19)20/h1-6,12-13H,21H2,(H,23,24)/t12-,13-/m0/s1. The Morgan fingerprint density at radius 1 is 1.21 bits per heavy atom. The van der Waals surface area contributed by atoms with Gasteiger partial charge in [-0.05, 0) is 29.3 Å². The summed E-state index contributed by atoms with van der Waals surface area (Å²) in [5.41, 5.74) is 4.53. The van der Waals surface area contributed by atoms with Gasteiger partial charge in [-0.1, -0.05) is 17.7 Å². The predicted octanol–water partition coefficient (Wildman–Crippen LogP) is 3.44. The number of benzene rings is 1. The fourth-order valence-electron chi connectivity index (χ4n) is 2.24. The number of nitrogens with two attached hydrogens (primary N) is 1. The van der Waals surface area contributed by atoms with Crippen molar-refractivity contribution < 1.29 is 27.5 Å². The number of aliphatic carboxylic acids is 1. The van der Waals surface area contributed by atoms with Crippen LogP contribution >= 0.6 is 11.6 Å². The fourth-order valence-corrected chi connectivity index (χ4v) is 2.36. The van der Waals surface area contributed by atoms with Crippen molar-refractivity contribution in [2.75, 3.05) is 0 Å². The number of aromatic nitrogens is 1. The van der Waals surface area contributed by atoms with Crippen molar-refractivity contribution in [1.29, 1.82) is 0 Å². The van der Waals surface area contributed by atoms with Crippen molar-refractivity contribution in [1.82, 2.24) is 4.98 Å². The lowest BCUT2D eigenvalue weighted by Gasteiger charge is -2.22. The Labute approximate surface area is 138 Å². The van der Waals surface area contributed by atoms with Crippen molar-refractivity contribution in [2.24, 2.45) is 5.73 Å². The lowest BCUT2D eigenvalue weighted by Crippen LogP contribution is -2.37. The zero-order valence-electron chi connectivity index (χ0n) is 11.9. The summed E-state index contributed by atoms with van der Waals surface area (Å²) in [5.74, 6) is -3.52. The normalized spacial score (nSPS) is 14.2. The number of hydrogen-bond acceptors (Lipinski definition) is 3. The van der Waals surface area contributed by atoms with E-state index in [-0.39, 0.29) is 16.1 Å². The van der Waals surface area contributed by atoms with Crippen molar-refractivity contribution in [3.05, 3.63) is 64.2 Å². The van der Waals surface area contributed by atoms with Gasteiger partial charge >= 0.3 is 12.1 Å². The van der Waals surface area contributed by atoms with Crippen molar-refractivity contribution >= 4 is 17.6 Å². The molecule has 0 fully saturated rings. The van der Waals surface area contributed by atoms with Crippen LogP contribution in [0, 0.1) is 5.82 Å². The molecule has 2 aromatic rings. The first-order chi connectivity index (χ1) is 11.1. The highest BCUT2D eigenvalue weighted by molar-refractivity contribution is 6.30. The Balaban J connectivity index is 2.59. The Morgan fingerprint density at radius 2 is 1.88 bits per heavy atom. The molecule has 0 saturated carbocycles. The third kappa shape index (κ3) is 3.82. The average molecular weight is 363 g/mol. The van der Waals surface area contributed by atoms with Crippen molar-refractivity contribution in [3.63, 3.8) is 0 Å². The Morgan fingerprint density at radius 3 is 2.42 bits per heavy atom. The van der Waals surface area contributed by atoms with E-state index in [1.165, 1.54) is 12.1 Å². The third-order valence-electron chi connectivity index (χ3n) is 3.39. The predicted molar refractivity (Wildman–Crippen MR) is 78.1 cm³/mol. The largest absolute Gasteiger partial charge is 0.480 e. The van der Waals surface area contributed by atoms with Gasteiger partial charge in [0.15, 0.2) is 0 Å². The van der Waals surface area contributed by atoms with Gasteiger partial charge in [0, 0.05) is 18.3 Å². The van der Waals surface area contributed by atoms with E-state index in [0.717, 1.165) is 18.3 Å². The second kappa shape index (κ2) is 6.74. The van der Waals surface area contributed by atoms with Gasteiger partial charge < -0.3 is 10.8 Å². The molecule has 0 aliphatic carbocycles. The maximum atomic E-state index is 13.7. The first-order valence-corrected chi connectivity index (χ1v) is 6.94. The van der Waals surface area contributed by atoms with Gasteiger partial charge in [0.05, 0.1) is 10.6 Å². The Hall–Kier alpha value is -2.19. The Kier molecular flexibility index (Phi) is 5.10. The van der Waals surface area contributed by atoms with Crippen LogP contribution in [0.4, 0.5) is 17.6 Å². The number of halogens is 5. The van der Waals surface area contributed by atoms with E-state index in [4.69, 9.17) is 22.4 Å². The lowest BCUT2D eigenvalue weighted by atomic mass is 9.85. The van der Waals surface area contributed by atoms with Crippen LogP contribution in [0.3, 0.4) is 0 Å². The molecule has 24 heavy (non-hydrogen) atoms. The van der Waals surface area contributed by atoms with E-state index in [2.05, 4.69) is 4.98 Å². The molecule has 0 aliphatic rings. The maximum absolute atomic E-state index is 13.7. The van der Waals surface area contributed by atoms with Crippen LogP contribution in [-0.4, -0.2) is 22.1 Å². The summed E-state index contributed by atoms with van der Waals surface area (Å²) in [5, 5.41) is 8.94. The number of carbonyl (C=O) groups is 1. The highest BCUT2D eigenvalue weighted by Gasteiger charge is 2.34. The number of carboxylic acid groups (broad SMARTS) is 1. The number of hydrogen-bond donors (Lipinski definition) is 2. The third-order valence-corrected chi connectivity index (χ3v) is 3.70. The molecule has 128 valence electrons.